The number of hydrogen-bond donors (Lipinski definition) is 2. The van der Waals surface area contributed by atoms with Crippen molar-refractivity contribution in [1.29, 1.82) is 0 Å². The predicted molar refractivity (Wildman–Crippen MR) is 62.5 cm³/mol. The van der Waals surface area contributed by atoms with Crippen molar-refractivity contribution in [3.8, 4) is 0 Å². The molecule has 0 atom stereocenters. The molecule has 1 heterocycles. The molecule has 1 amide bonds. The van der Waals surface area contributed by atoms with Crippen molar-refractivity contribution in [2.24, 2.45) is 5.73 Å². The van der Waals surface area contributed by atoms with Crippen molar-refractivity contribution in [2.75, 3.05) is 5.32 Å². The molecule has 1 aromatic heterocycles. The normalized spacial score (nSPS) is 10.0. The van der Waals surface area contributed by atoms with Gasteiger partial charge in [-0.3, -0.25) is 4.79 Å². The highest BCUT2D eigenvalue weighted by molar-refractivity contribution is 7.15. The number of nitrogens with two attached hydrogens (primary N) is 1. The maximum absolute atomic E-state index is 10.7. The summed E-state index contributed by atoms with van der Waals surface area (Å²) in [5, 5.41) is 12.1. The van der Waals surface area contributed by atoms with Crippen molar-refractivity contribution in [3.63, 3.8) is 0 Å². The lowest BCUT2D eigenvalue weighted by atomic mass is 10.3. The molecule has 6 heteroatoms. The van der Waals surface area contributed by atoms with Crippen LogP contribution in [0.25, 0.3) is 0 Å². The van der Waals surface area contributed by atoms with Crippen molar-refractivity contribution in [2.45, 2.75) is 6.42 Å². The second kappa shape index (κ2) is 4.71. The maximum Gasteiger partial charge on any atom is 0.224 e. The Balaban J connectivity index is 2.06. The molecule has 0 saturated carbocycles. The number of aromatic nitrogens is 2. The molecule has 0 unspecified atom stereocenters. The number of carbonyl (C=O) groups excluding carboxylic acids is 1. The number of rotatable bonds is 4. The molecule has 3 N–H and O–H groups in total. The third-order valence-corrected chi connectivity index (χ3v) is 2.66. The van der Waals surface area contributed by atoms with E-state index < -0.39 is 5.91 Å². The Hall–Kier alpha value is -1.95. The van der Waals surface area contributed by atoms with E-state index in [9.17, 15) is 4.79 Å². The van der Waals surface area contributed by atoms with Gasteiger partial charge in [0, 0.05) is 5.69 Å². The highest BCUT2D eigenvalue weighted by Crippen LogP contribution is 2.20. The SMILES string of the molecule is NC(=O)Cc1nnc(Nc2ccccc2)s1. The van der Waals surface area contributed by atoms with Gasteiger partial charge in [-0.15, -0.1) is 10.2 Å². The summed E-state index contributed by atoms with van der Waals surface area (Å²) >= 11 is 1.32. The topological polar surface area (TPSA) is 80.9 Å². The summed E-state index contributed by atoms with van der Waals surface area (Å²) in [6.45, 7) is 0. The van der Waals surface area contributed by atoms with E-state index in [1.165, 1.54) is 11.3 Å². The lowest BCUT2D eigenvalue weighted by molar-refractivity contribution is -0.117. The van der Waals surface area contributed by atoms with E-state index >= 15 is 0 Å². The lowest BCUT2D eigenvalue weighted by Gasteiger charge is -1.99. The first-order valence-corrected chi connectivity index (χ1v) is 5.48. The molecule has 16 heavy (non-hydrogen) atoms. The second-order valence-electron chi connectivity index (χ2n) is 3.14. The first-order chi connectivity index (χ1) is 7.74. The fourth-order valence-corrected chi connectivity index (χ4v) is 1.94. The molecule has 1 aromatic carbocycles. The van der Waals surface area contributed by atoms with E-state index in [2.05, 4.69) is 15.5 Å². The average molecular weight is 234 g/mol. The zero-order chi connectivity index (χ0) is 11.4. The fraction of sp³-hybridized carbons (Fsp3) is 0.100. The Bertz CT molecular complexity index is 483. The Morgan fingerprint density at radius 2 is 2.06 bits per heavy atom. The summed E-state index contributed by atoms with van der Waals surface area (Å²) in [4.78, 5) is 10.7. The number of benzene rings is 1. The first kappa shape index (κ1) is 10.6. The van der Waals surface area contributed by atoms with Gasteiger partial charge in [-0.1, -0.05) is 29.5 Å². The van der Waals surface area contributed by atoms with Crippen molar-refractivity contribution in [1.82, 2.24) is 10.2 Å². The molecule has 0 aliphatic rings. The van der Waals surface area contributed by atoms with Crippen molar-refractivity contribution in [3.05, 3.63) is 35.3 Å². The summed E-state index contributed by atoms with van der Waals surface area (Å²) < 4.78 is 0. The summed E-state index contributed by atoms with van der Waals surface area (Å²) in [7, 11) is 0. The second-order valence-corrected chi connectivity index (χ2v) is 4.20. The van der Waals surface area contributed by atoms with Gasteiger partial charge in [-0.25, -0.2) is 0 Å². The minimum absolute atomic E-state index is 0.133. The van der Waals surface area contributed by atoms with Gasteiger partial charge >= 0.3 is 0 Å². The molecule has 0 aliphatic heterocycles. The number of hydrogen-bond acceptors (Lipinski definition) is 5. The molecule has 2 aromatic rings. The molecule has 0 aliphatic carbocycles. The largest absolute Gasteiger partial charge is 0.369 e. The van der Waals surface area contributed by atoms with Gasteiger partial charge in [0.15, 0.2) is 0 Å². The number of amides is 1. The summed E-state index contributed by atoms with van der Waals surface area (Å²) in [6.07, 6.45) is 0.133. The Labute approximate surface area is 96.3 Å². The Morgan fingerprint density at radius 3 is 2.75 bits per heavy atom. The number of nitrogens with zero attached hydrogens (tertiary/aromatic N) is 2. The monoisotopic (exact) mass is 234 g/mol. The van der Waals surface area contributed by atoms with Crippen LogP contribution in [0.15, 0.2) is 30.3 Å². The molecule has 5 nitrogen and oxygen atoms in total. The number of nitrogens with one attached hydrogen (secondary N) is 1. The van der Waals surface area contributed by atoms with E-state index in [4.69, 9.17) is 5.73 Å². The van der Waals surface area contributed by atoms with Crippen LogP contribution in [0.1, 0.15) is 5.01 Å². The van der Waals surface area contributed by atoms with Gasteiger partial charge in [0.05, 0.1) is 6.42 Å². The van der Waals surface area contributed by atoms with Gasteiger partial charge in [-0.05, 0) is 12.1 Å². The predicted octanol–water partition coefficient (Wildman–Crippen LogP) is 1.31. The van der Waals surface area contributed by atoms with Gasteiger partial charge in [0.25, 0.3) is 0 Å². The minimum atomic E-state index is -0.401. The van der Waals surface area contributed by atoms with Crippen LogP contribution in [-0.2, 0) is 11.2 Å². The van der Waals surface area contributed by atoms with Crippen LogP contribution < -0.4 is 11.1 Å². The average Bonchev–Trinajstić information content (AvgIpc) is 2.66. The summed E-state index contributed by atoms with van der Waals surface area (Å²) in [6, 6.07) is 9.63. The highest BCUT2D eigenvalue weighted by Gasteiger charge is 2.06. The zero-order valence-electron chi connectivity index (χ0n) is 8.38. The van der Waals surface area contributed by atoms with Crippen LogP contribution >= 0.6 is 11.3 Å². The van der Waals surface area contributed by atoms with E-state index in [0.717, 1.165) is 5.69 Å². The quantitative estimate of drug-likeness (QED) is 0.835. The molecule has 0 saturated heterocycles. The Morgan fingerprint density at radius 1 is 1.31 bits per heavy atom. The van der Waals surface area contributed by atoms with E-state index in [1.807, 2.05) is 30.3 Å². The van der Waals surface area contributed by atoms with E-state index in [0.29, 0.717) is 10.1 Å². The maximum atomic E-state index is 10.7. The van der Waals surface area contributed by atoms with Crippen molar-refractivity contribution < 1.29 is 4.79 Å². The fourth-order valence-electron chi connectivity index (χ4n) is 1.17. The molecular formula is C10H10N4OS. The molecule has 2 rings (SSSR count). The number of carbonyl (C=O) groups is 1. The molecule has 82 valence electrons. The number of anilines is 2. The van der Waals surface area contributed by atoms with Gasteiger partial charge in [0.1, 0.15) is 5.01 Å². The van der Waals surface area contributed by atoms with Crippen LogP contribution in [0.5, 0.6) is 0 Å². The third kappa shape index (κ3) is 2.77. The van der Waals surface area contributed by atoms with Crippen molar-refractivity contribution >= 4 is 28.1 Å². The number of para-hydroxylation sites is 1. The zero-order valence-corrected chi connectivity index (χ0v) is 9.20. The van der Waals surface area contributed by atoms with Crippen LogP contribution in [0.3, 0.4) is 0 Å². The Kier molecular flexibility index (Phi) is 3.11. The molecule has 0 spiro atoms. The van der Waals surface area contributed by atoms with Crippen LogP contribution in [-0.4, -0.2) is 16.1 Å². The molecule has 0 fully saturated rings. The van der Waals surface area contributed by atoms with E-state index in [-0.39, 0.29) is 6.42 Å². The molecule has 0 bridgehead atoms. The highest BCUT2D eigenvalue weighted by atomic mass is 32.1. The first-order valence-electron chi connectivity index (χ1n) is 4.67. The molecule has 0 radical (unpaired) electrons. The van der Waals surface area contributed by atoms with Gasteiger partial charge in [0.2, 0.25) is 11.0 Å². The van der Waals surface area contributed by atoms with Crippen LogP contribution in [0.2, 0.25) is 0 Å². The molecular weight excluding hydrogens is 224 g/mol. The van der Waals surface area contributed by atoms with Gasteiger partial charge < -0.3 is 11.1 Å². The summed E-state index contributed by atoms with van der Waals surface area (Å²) in [5.74, 6) is -0.401. The van der Waals surface area contributed by atoms with Gasteiger partial charge in [-0.2, -0.15) is 0 Å². The smallest absolute Gasteiger partial charge is 0.224 e. The van der Waals surface area contributed by atoms with E-state index in [1.54, 1.807) is 0 Å². The van der Waals surface area contributed by atoms with Crippen LogP contribution in [0, 0.1) is 0 Å². The lowest BCUT2D eigenvalue weighted by Crippen LogP contribution is -2.13. The summed E-state index contributed by atoms with van der Waals surface area (Å²) in [5.41, 5.74) is 6.00. The van der Waals surface area contributed by atoms with Crippen LogP contribution in [0.4, 0.5) is 10.8 Å². The third-order valence-electron chi connectivity index (χ3n) is 1.82. The minimum Gasteiger partial charge on any atom is -0.369 e. The standard InChI is InChI=1S/C10H10N4OS/c11-8(15)6-9-13-14-10(16-9)12-7-4-2-1-3-5-7/h1-5H,6H2,(H2,11,15)(H,12,14). The number of primary amides is 1.